The van der Waals surface area contributed by atoms with Crippen LogP contribution < -0.4 is 0 Å². The van der Waals surface area contributed by atoms with E-state index in [1.165, 1.54) is 6.07 Å². The molecule has 2 heterocycles. The first-order chi connectivity index (χ1) is 10.3. The fraction of sp³-hybridized carbons (Fsp3) is 0. The summed E-state index contributed by atoms with van der Waals surface area (Å²) in [6.45, 7) is 0. The van der Waals surface area contributed by atoms with E-state index in [4.69, 9.17) is 12.2 Å². The monoisotopic (exact) mass is 295 g/mol. The quantitative estimate of drug-likeness (QED) is 0.529. The Morgan fingerprint density at radius 1 is 1.05 bits per heavy atom. The molecule has 0 amide bonds. The molecule has 0 spiro atoms. The maximum atomic E-state index is 13.9. The Labute approximate surface area is 124 Å². The standard InChI is InChI=1S/C16H10FN3S/c17-11-5-1-8-14-15(11)19-16(21)20(14)13-7-2-6-12-10(13)4-3-9-18-12/h1-9H,(H,19,21). The highest BCUT2D eigenvalue weighted by atomic mass is 32.1. The number of halogens is 1. The minimum absolute atomic E-state index is 0.310. The van der Waals surface area contributed by atoms with Crippen LogP contribution in [-0.2, 0) is 0 Å². The van der Waals surface area contributed by atoms with Gasteiger partial charge in [0.25, 0.3) is 0 Å². The molecule has 2 aromatic heterocycles. The van der Waals surface area contributed by atoms with Crippen molar-refractivity contribution < 1.29 is 4.39 Å². The van der Waals surface area contributed by atoms with Gasteiger partial charge >= 0.3 is 0 Å². The average molecular weight is 295 g/mol. The van der Waals surface area contributed by atoms with Crippen molar-refractivity contribution in [3.05, 3.63) is 65.3 Å². The van der Waals surface area contributed by atoms with E-state index in [1.54, 1.807) is 12.3 Å². The molecule has 4 aromatic rings. The van der Waals surface area contributed by atoms with Crippen molar-refractivity contribution in [2.45, 2.75) is 0 Å². The van der Waals surface area contributed by atoms with E-state index in [-0.39, 0.29) is 5.82 Å². The van der Waals surface area contributed by atoms with E-state index in [0.29, 0.717) is 10.3 Å². The van der Waals surface area contributed by atoms with Gasteiger partial charge in [0.05, 0.1) is 16.7 Å². The van der Waals surface area contributed by atoms with Crippen LogP contribution in [0, 0.1) is 10.6 Å². The lowest BCUT2D eigenvalue weighted by molar-refractivity contribution is 0.637. The minimum atomic E-state index is -0.310. The van der Waals surface area contributed by atoms with Crippen molar-refractivity contribution >= 4 is 34.2 Å². The normalized spacial score (nSPS) is 11.3. The maximum Gasteiger partial charge on any atom is 0.182 e. The van der Waals surface area contributed by atoms with Crippen LogP contribution in [-0.4, -0.2) is 14.5 Å². The number of nitrogens with zero attached hydrogens (tertiary/aromatic N) is 2. The molecule has 2 aromatic carbocycles. The lowest BCUT2D eigenvalue weighted by Crippen LogP contribution is -1.95. The zero-order chi connectivity index (χ0) is 14.4. The predicted octanol–water partition coefficient (Wildman–Crippen LogP) is 4.38. The molecule has 0 aliphatic heterocycles. The van der Waals surface area contributed by atoms with Crippen LogP contribution in [0.2, 0.25) is 0 Å². The number of hydrogen-bond acceptors (Lipinski definition) is 2. The first kappa shape index (κ1) is 12.2. The Bertz CT molecular complexity index is 1030. The molecular weight excluding hydrogens is 285 g/mol. The molecule has 4 rings (SSSR count). The number of rotatable bonds is 1. The van der Waals surface area contributed by atoms with E-state index < -0.39 is 0 Å². The molecule has 5 heteroatoms. The van der Waals surface area contributed by atoms with Gasteiger partial charge in [-0.15, -0.1) is 0 Å². The molecule has 0 saturated heterocycles. The third-order valence-corrected chi connectivity index (χ3v) is 3.82. The Morgan fingerprint density at radius 3 is 2.81 bits per heavy atom. The number of hydrogen-bond donors (Lipinski definition) is 1. The van der Waals surface area contributed by atoms with Crippen molar-refractivity contribution in [2.75, 3.05) is 0 Å². The molecule has 21 heavy (non-hydrogen) atoms. The second kappa shape index (κ2) is 4.49. The zero-order valence-electron chi connectivity index (χ0n) is 10.9. The van der Waals surface area contributed by atoms with Crippen molar-refractivity contribution in [1.29, 1.82) is 0 Å². The molecule has 0 aliphatic rings. The third-order valence-electron chi connectivity index (χ3n) is 3.53. The van der Waals surface area contributed by atoms with E-state index in [2.05, 4.69) is 9.97 Å². The highest BCUT2D eigenvalue weighted by Crippen LogP contribution is 2.26. The Hall–Kier alpha value is -2.53. The van der Waals surface area contributed by atoms with E-state index in [1.807, 2.05) is 41.0 Å². The summed E-state index contributed by atoms with van der Waals surface area (Å²) >= 11 is 5.38. The number of benzene rings is 2. The van der Waals surface area contributed by atoms with Crippen LogP contribution in [0.15, 0.2) is 54.7 Å². The second-order valence-corrected chi connectivity index (χ2v) is 5.13. The summed E-state index contributed by atoms with van der Waals surface area (Å²) in [6.07, 6.45) is 1.75. The summed E-state index contributed by atoms with van der Waals surface area (Å²) < 4.78 is 16.2. The van der Waals surface area contributed by atoms with Crippen molar-refractivity contribution in [2.24, 2.45) is 0 Å². The molecule has 3 nitrogen and oxygen atoms in total. The van der Waals surface area contributed by atoms with Crippen LogP contribution in [0.25, 0.3) is 27.6 Å². The largest absolute Gasteiger partial charge is 0.328 e. The first-order valence-corrected chi connectivity index (χ1v) is 6.90. The second-order valence-electron chi connectivity index (χ2n) is 4.75. The fourth-order valence-electron chi connectivity index (χ4n) is 2.62. The highest BCUT2D eigenvalue weighted by molar-refractivity contribution is 7.71. The molecule has 0 saturated carbocycles. The SMILES string of the molecule is Fc1cccc2c1[nH]c(=S)n2-c1cccc2ncccc12. The van der Waals surface area contributed by atoms with Gasteiger partial charge in [0.15, 0.2) is 4.77 Å². The van der Waals surface area contributed by atoms with E-state index in [0.717, 1.165) is 22.1 Å². The number of imidazole rings is 1. The Morgan fingerprint density at radius 2 is 1.90 bits per heavy atom. The molecule has 0 aliphatic carbocycles. The number of aromatic amines is 1. The number of aromatic nitrogens is 3. The summed E-state index contributed by atoms with van der Waals surface area (Å²) in [4.78, 5) is 7.29. The van der Waals surface area contributed by atoms with Crippen molar-refractivity contribution in [3.63, 3.8) is 0 Å². The summed E-state index contributed by atoms with van der Waals surface area (Å²) in [7, 11) is 0. The minimum Gasteiger partial charge on any atom is -0.328 e. The van der Waals surface area contributed by atoms with Crippen LogP contribution in [0.3, 0.4) is 0 Å². The van der Waals surface area contributed by atoms with Crippen molar-refractivity contribution in [3.8, 4) is 5.69 Å². The van der Waals surface area contributed by atoms with E-state index in [9.17, 15) is 4.39 Å². The van der Waals surface area contributed by atoms with Gasteiger partial charge in [0, 0.05) is 11.6 Å². The fourth-order valence-corrected chi connectivity index (χ4v) is 2.92. The molecular formula is C16H10FN3S. The molecule has 0 bridgehead atoms. The molecule has 102 valence electrons. The first-order valence-electron chi connectivity index (χ1n) is 6.49. The van der Waals surface area contributed by atoms with Gasteiger partial charge < -0.3 is 4.98 Å². The van der Waals surface area contributed by atoms with Crippen LogP contribution >= 0.6 is 12.2 Å². The molecule has 0 radical (unpaired) electrons. The van der Waals surface area contributed by atoms with Gasteiger partial charge in [-0.25, -0.2) is 4.39 Å². The smallest absolute Gasteiger partial charge is 0.182 e. The van der Waals surface area contributed by atoms with Gasteiger partial charge in [-0.1, -0.05) is 12.1 Å². The van der Waals surface area contributed by atoms with Crippen LogP contribution in [0.1, 0.15) is 0 Å². The molecule has 0 unspecified atom stereocenters. The zero-order valence-corrected chi connectivity index (χ0v) is 11.7. The van der Waals surface area contributed by atoms with Crippen LogP contribution in [0.5, 0.6) is 0 Å². The number of nitrogens with one attached hydrogen (secondary N) is 1. The van der Waals surface area contributed by atoms with Gasteiger partial charge in [-0.3, -0.25) is 9.55 Å². The number of para-hydroxylation sites is 1. The summed E-state index contributed by atoms with van der Waals surface area (Å²) in [5, 5.41) is 0.973. The van der Waals surface area contributed by atoms with Gasteiger partial charge in [0.2, 0.25) is 0 Å². The molecule has 1 N–H and O–H groups in total. The Balaban J connectivity index is 2.17. The topological polar surface area (TPSA) is 33.6 Å². The lowest BCUT2D eigenvalue weighted by atomic mass is 10.1. The highest BCUT2D eigenvalue weighted by Gasteiger charge is 2.11. The van der Waals surface area contributed by atoms with Gasteiger partial charge in [0.1, 0.15) is 11.3 Å². The molecule has 0 atom stereocenters. The number of pyridine rings is 1. The third kappa shape index (κ3) is 1.78. The Kier molecular flexibility index (Phi) is 2.62. The average Bonchev–Trinajstić information content (AvgIpc) is 2.84. The van der Waals surface area contributed by atoms with Gasteiger partial charge in [-0.2, -0.15) is 0 Å². The molecule has 0 fully saturated rings. The number of fused-ring (bicyclic) bond motifs is 2. The predicted molar refractivity (Wildman–Crippen MR) is 83.7 cm³/mol. The number of H-pyrrole nitrogens is 1. The van der Waals surface area contributed by atoms with E-state index >= 15 is 0 Å². The van der Waals surface area contributed by atoms with Crippen LogP contribution in [0.4, 0.5) is 4.39 Å². The van der Waals surface area contributed by atoms with Crippen molar-refractivity contribution in [1.82, 2.24) is 14.5 Å². The lowest BCUT2D eigenvalue weighted by Gasteiger charge is -2.08. The summed E-state index contributed by atoms with van der Waals surface area (Å²) in [6, 6.07) is 14.6. The van der Waals surface area contributed by atoms with Gasteiger partial charge in [-0.05, 0) is 48.6 Å². The summed E-state index contributed by atoms with van der Waals surface area (Å²) in [5.74, 6) is -0.310. The maximum absolute atomic E-state index is 13.9. The summed E-state index contributed by atoms with van der Waals surface area (Å²) in [5.41, 5.74) is 2.91.